The molecular weight excluding hydrogens is 617 g/mol. The van der Waals surface area contributed by atoms with Crippen molar-refractivity contribution in [2.75, 3.05) is 6.54 Å². The molecule has 0 saturated carbocycles. The highest BCUT2D eigenvalue weighted by atomic mass is 16.4. The van der Waals surface area contributed by atoms with E-state index in [1.165, 1.54) is 0 Å². The zero-order valence-electron chi connectivity index (χ0n) is 27.9. The van der Waals surface area contributed by atoms with Crippen LogP contribution in [0.5, 0.6) is 0 Å². The summed E-state index contributed by atoms with van der Waals surface area (Å²) in [5.41, 5.74) is 8.94. The van der Waals surface area contributed by atoms with Crippen LogP contribution in [0.2, 0.25) is 0 Å². The summed E-state index contributed by atoms with van der Waals surface area (Å²) in [6.45, 7) is 0.358. The van der Waals surface area contributed by atoms with Gasteiger partial charge in [-0.15, -0.1) is 0 Å². The monoisotopic (exact) mass is 658 g/mol. The van der Waals surface area contributed by atoms with Crippen molar-refractivity contribution in [3.05, 3.63) is 215 Å². The van der Waals surface area contributed by atoms with Gasteiger partial charge in [-0.1, -0.05) is 182 Å². The molecule has 0 spiro atoms. The van der Waals surface area contributed by atoms with Gasteiger partial charge in [0.25, 0.3) is 0 Å². The summed E-state index contributed by atoms with van der Waals surface area (Å²) in [6.07, 6.45) is 0.716. The third kappa shape index (κ3) is 6.41. The number of benzene rings is 6. The first-order chi connectivity index (χ1) is 24.5. The Bertz CT molecular complexity index is 1640. The second-order valence-corrected chi connectivity index (χ2v) is 12.3. The molecule has 0 aliphatic carbocycles. The molecule has 5 N–H and O–H groups in total. The first-order valence-electron chi connectivity index (χ1n) is 16.9. The van der Waals surface area contributed by atoms with E-state index in [-0.39, 0.29) is 12.4 Å². The molecule has 50 heavy (non-hydrogen) atoms. The van der Waals surface area contributed by atoms with E-state index < -0.39 is 23.1 Å². The minimum absolute atomic E-state index is 0.145. The molecule has 0 radical (unpaired) electrons. The molecule has 250 valence electrons. The third-order valence-electron chi connectivity index (χ3n) is 9.44. The van der Waals surface area contributed by atoms with E-state index in [2.05, 4.69) is 83.0 Å². The Balaban J connectivity index is 1.86. The van der Waals surface area contributed by atoms with Crippen LogP contribution in [-0.2, 0) is 15.9 Å². The number of hydrogen-bond donors (Lipinski definition) is 4. The molecule has 6 rings (SSSR count). The van der Waals surface area contributed by atoms with E-state index in [1.807, 2.05) is 109 Å². The molecule has 0 aliphatic heterocycles. The maximum absolute atomic E-state index is 14.2. The fraction of sp³-hybridized carbons (Fsp3) is 0.136. The van der Waals surface area contributed by atoms with Gasteiger partial charge in [-0.05, 0) is 46.2 Å². The summed E-state index contributed by atoms with van der Waals surface area (Å²) in [4.78, 5) is 16.5. The number of aliphatic carboxylic acids is 1. The second-order valence-electron chi connectivity index (χ2n) is 12.3. The lowest BCUT2D eigenvalue weighted by molar-refractivity contribution is -0.149. The smallest absolute Gasteiger partial charge is 0.321 e. The number of nitrogens with zero attached hydrogens (tertiary/aromatic N) is 1. The van der Waals surface area contributed by atoms with Crippen LogP contribution in [0.3, 0.4) is 0 Å². The summed E-state index contributed by atoms with van der Waals surface area (Å²) < 4.78 is 0. The lowest BCUT2D eigenvalue weighted by Crippen LogP contribution is -2.65. The number of carboxylic acid groups (broad SMARTS) is 1. The van der Waals surface area contributed by atoms with Crippen molar-refractivity contribution in [3.8, 4) is 0 Å². The molecule has 6 heteroatoms. The molecular formula is C44H42N4O2. The minimum atomic E-state index is -1.15. The Morgan fingerprint density at radius 2 is 0.820 bits per heavy atom. The average molecular weight is 659 g/mol. The number of carboxylic acids is 1. The van der Waals surface area contributed by atoms with Crippen molar-refractivity contribution in [1.82, 2.24) is 10.2 Å². The quantitative estimate of drug-likeness (QED) is 0.0411. The van der Waals surface area contributed by atoms with E-state index in [0.717, 1.165) is 33.4 Å². The normalized spacial score (nSPS) is 12.3. The Labute approximate surface area is 294 Å². The highest BCUT2D eigenvalue weighted by Gasteiger charge is 2.58. The van der Waals surface area contributed by atoms with Crippen LogP contribution in [-0.4, -0.2) is 34.5 Å². The largest absolute Gasteiger partial charge is 0.480 e. The van der Waals surface area contributed by atoms with Gasteiger partial charge >= 0.3 is 5.97 Å². The van der Waals surface area contributed by atoms with Gasteiger partial charge < -0.3 is 16.2 Å². The standard InChI is InChI=1S/C44H42N4O2/c45-42(46)47-33-19-32-40(41(49)50)48(43(34-20-7-1-8-21-34,35-22-9-2-10-23-35)36-24-11-3-12-25-36)44(37-26-13-4-14-27-37,38-28-15-5-16-29-38)39-30-17-6-18-31-39/h1-18,20-31,40H,19,32-33H2,(H,49,50)(H4,45,46,47). The van der Waals surface area contributed by atoms with E-state index in [4.69, 9.17) is 11.1 Å². The van der Waals surface area contributed by atoms with Crippen molar-refractivity contribution in [3.63, 3.8) is 0 Å². The topological polar surface area (TPSA) is 102 Å². The lowest BCUT2D eigenvalue weighted by atomic mass is 9.66. The molecule has 6 aromatic rings. The van der Waals surface area contributed by atoms with Gasteiger partial charge in [0.15, 0.2) is 5.96 Å². The van der Waals surface area contributed by atoms with Crippen LogP contribution >= 0.6 is 0 Å². The predicted octanol–water partition coefficient (Wildman–Crippen LogP) is 7.99. The molecule has 0 aliphatic rings. The van der Waals surface area contributed by atoms with Crippen molar-refractivity contribution in [2.24, 2.45) is 5.73 Å². The maximum Gasteiger partial charge on any atom is 0.321 e. The Morgan fingerprint density at radius 3 is 1.04 bits per heavy atom. The lowest BCUT2D eigenvalue weighted by Gasteiger charge is -2.58. The Morgan fingerprint density at radius 1 is 0.560 bits per heavy atom. The number of carbonyl (C=O) groups is 1. The zero-order valence-corrected chi connectivity index (χ0v) is 27.9. The van der Waals surface area contributed by atoms with Crippen molar-refractivity contribution < 1.29 is 9.90 Å². The highest BCUT2D eigenvalue weighted by Crippen LogP contribution is 2.55. The number of guanidine groups is 1. The number of hydrogen-bond acceptors (Lipinski definition) is 3. The number of rotatable bonds is 14. The molecule has 0 heterocycles. The summed E-state index contributed by atoms with van der Waals surface area (Å²) in [7, 11) is 0. The van der Waals surface area contributed by atoms with E-state index in [0.29, 0.717) is 13.0 Å². The molecule has 6 nitrogen and oxygen atoms in total. The Hall–Kier alpha value is -5.98. The van der Waals surface area contributed by atoms with Gasteiger partial charge in [-0.3, -0.25) is 15.1 Å². The van der Waals surface area contributed by atoms with Gasteiger partial charge in [0.1, 0.15) is 6.04 Å². The van der Waals surface area contributed by atoms with Gasteiger partial charge in [0.05, 0.1) is 11.1 Å². The van der Waals surface area contributed by atoms with Gasteiger partial charge in [0, 0.05) is 6.54 Å². The molecule has 0 fully saturated rings. The fourth-order valence-corrected chi connectivity index (χ4v) is 7.51. The van der Waals surface area contributed by atoms with Crippen LogP contribution < -0.4 is 11.1 Å². The molecule has 0 saturated heterocycles. The highest BCUT2D eigenvalue weighted by molar-refractivity contribution is 5.76. The molecule has 0 aromatic heterocycles. The second kappa shape index (κ2) is 15.5. The maximum atomic E-state index is 14.2. The summed E-state index contributed by atoms with van der Waals surface area (Å²) >= 11 is 0. The SMILES string of the molecule is N=C(N)NCCCC(C(=O)O)N(C(c1ccccc1)(c1ccccc1)c1ccccc1)C(c1ccccc1)(c1ccccc1)c1ccccc1. The first-order valence-corrected chi connectivity index (χ1v) is 16.9. The predicted molar refractivity (Wildman–Crippen MR) is 201 cm³/mol. The van der Waals surface area contributed by atoms with Crippen LogP contribution in [0, 0.1) is 5.41 Å². The molecule has 6 aromatic carbocycles. The van der Waals surface area contributed by atoms with Gasteiger partial charge in [-0.2, -0.15) is 0 Å². The Kier molecular flexibility index (Phi) is 10.5. The van der Waals surface area contributed by atoms with E-state index in [9.17, 15) is 9.90 Å². The number of nitrogens with one attached hydrogen (secondary N) is 2. The summed E-state index contributed by atoms with van der Waals surface area (Å²) in [5.74, 6) is -1.10. The van der Waals surface area contributed by atoms with Crippen molar-refractivity contribution in [1.29, 1.82) is 5.41 Å². The van der Waals surface area contributed by atoms with Crippen LogP contribution in [0.4, 0.5) is 0 Å². The van der Waals surface area contributed by atoms with Crippen LogP contribution in [0.15, 0.2) is 182 Å². The fourth-order valence-electron chi connectivity index (χ4n) is 7.51. The van der Waals surface area contributed by atoms with Gasteiger partial charge in [0.2, 0.25) is 0 Å². The summed E-state index contributed by atoms with van der Waals surface area (Å²) in [6, 6.07) is 60.5. The van der Waals surface area contributed by atoms with Crippen LogP contribution in [0.1, 0.15) is 46.2 Å². The van der Waals surface area contributed by atoms with E-state index in [1.54, 1.807) is 0 Å². The molecule has 0 bridgehead atoms. The molecule has 0 amide bonds. The van der Waals surface area contributed by atoms with Gasteiger partial charge in [-0.25, -0.2) is 0 Å². The van der Waals surface area contributed by atoms with Crippen LogP contribution in [0.25, 0.3) is 0 Å². The molecule has 1 unspecified atom stereocenters. The van der Waals surface area contributed by atoms with Crippen molar-refractivity contribution >= 4 is 11.9 Å². The minimum Gasteiger partial charge on any atom is -0.480 e. The summed E-state index contributed by atoms with van der Waals surface area (Å²) in [5, 5.41) is 22.3. The molecule has 1 atom stereocenters. The van der Waals surface area contributed by atoms with Crippen molar-refractivity contribution in [2.45, 2.75) is 30.0 Å². The average Bonchev–Trinajstić information content (AvgIpc) is 3.17. The number of nitrogens with two attached hydrogens (primary N) is 1. The zero-order chi connectivity index (χ0) is 34.8. The first kappa shape index (κ1) is 33.9. The van der Waals surface area contributed by atoms with E-state index >= 15 is 0 Å². The third-order valence-corrected chi connectivity index (χ3v) is 9.44.